The highest BCUT2D eigenvalue weighted by atomic mass is 32.2. The summed E-state index contributed by atoms with van der Waals surface area (Å²) < 4.78 is 36.2. The number of hydrogen-bond donors (Lipinski definition) is 1. The van der Waals surface area contributed by atoms with Crippen molar-refractivity contribution in [3.8, 4) is 16.9 Å². The predicted molar refractivity (Wildman–Crippen MR) is 124 cm³/mol. The number of methoxy groups -OCH3 is 1. The number of nitrogens with one attached hydrogen (secondary N) is 1. The highest BCUT2D eigenvalue weighted by Crippen LogP contribution is 2.31. The standard InChI is InChI=1S/C23H31N5O3S/c1-16-6-5-10-27(15-16)11-9-25-32(29,30)22-13-19(7-8-21(22)31-4)20-14-24-28-18(3)12-17(2)26-23(20)28/h7-8,12-14,16,25H,5-6,9-11,15H2,1-4H3/t16-/m1/s1. The molecule has 9 heteroatoms. The molecule has 0 aliphatic carbocycles. The van der Waals surface area contributed by atoms with Gasteiger partial charge in [-0.2, -0.15) is 5.10 Å². The SMILES string of the molecule is COc1ccc(-c2cnn3c(C)cc(C)nc23)cc1S(=O)(=O)NCCN1CCC[C@@H](C)C1. The molecule has 172 valence electrons. The number of rotatable bonds is 7. The summed E-state index contributed by atoms with van der Waals surface area (Å²) in [4.78, 5) is 7.05. The molecule has 0 amide bonds. The van der Waals surface area contributed by atoms with Gasteiger partial charge in [-0.25, -0.2) is 22.6 Å². The van der Waals surface area contributed by atoms with E-state index in [2.05, 4.69) is 26.6 Å². The van der Waals surface area contributed by atoms with E-state index in [1.54, 1.807) is 22.8 Å². The molecular weight excluding hydrogens is 426 g/mol. The summed E-state index contributed by atoms with van der Waals surface area (Å²) in [6, 6.07) is 7.12. The van der Waals surface area contributed by atoms with Gasteiger partial charge in [0.05, 0.1) is 13.3 Å². The summed E-state index contributed by atoms with van der Waals surface area (Å²) in [6.45, 7) is 9.23. The van der Waals surface area contributed by atoms with Crippen LogP contribution >= 0.6 is 0 Å². The number of sulfonamides is 1. The zero-order valence-corrected chi connectivity index (χ0v) is 19.9. The molecule has 1 aliphatic rings. The maximum atomic E-state index is 13.2. The lowest BCUT2D eigenvalue weighted by Gasteiger charge is -2.30. The molecule has 1 fully saturated rings. The largest absolute Gasteiger partial charge is 0.495 e. The van der Waals surface area contributed by atoms with Crippen LogP contribution in [0.25, 0.3) is 16.8 Å². The molecule has 0 unspecified atom stereocenters. The molecule has 0 spiro atoms. The van der Waals surface area contributed by atoms with E-state index in [4.69, 9.17) is 4.74 Å². The van der Waals surface area contributed by atoms with Crippen LogP contribution in [0.2, 0.25) is 0 Å². The van der Waals surface area contributed by atoms with Crippen molar-refractivity contribution in [3.05, 3.63) is 41.9 Å². The van der Waals surface area contributed by atoms with Crippen molar-refractivity contribution >= 4 is 15.7 Å². The van der Waals surface area contributed by atoms with E-state index in [-0.39, 0.29) is 4.90 Å². The van der Waals surface area contributed by atoms with Crippen LogP contribution in [0.4, 0.5) is 0 Å². The zero-order valence-electron chi connectivity index (χ0n) is 19.1. The molecule has 0 saturated carbocycles. The minimum absolute atomic E-state index is 0.119. The van der Waals surface area contributed by atoms with Crippen molar-refractivity contribution in [1.29, 1.82) is 0 Å². The van der Waals surface area contributed by atoms with Crippen LogP contribution < -0.4 is 9.46 Å². The molecule has 3 aromatic rings. The molecule has 4 rings (SSSR count). The third-order valence-electron chi connectivity index (χ3n) is 6.00. The number of aryl methyl sites for hydroxylation is 2. The van der Waals surface area contributed by atoms with Crippen molar-refractivity contribution in [2.24, 2.45) is 5.92 Å². The molecule has 0 bridgehead atoms. The van der Waals surface area contributed by atoms with Crippen molar-refractivity contribution in [1.82, 2.24) is 24.2 Å². The quantitative estimate of drug-likeness (QED) is 0.587. The second-order valence-corrected chi connectivity index (χ2v) is 10.4. The maximum absolute atomic E-state index is 13.2. The van der Waals surface area contributed by atoms with Crippen LogP contribution in [0.5, 0.6) is 5.75 Å². The first-order chi connectivity index (χ1) is 15.3. The zero-order chi connectivity index (χ0) is 22.9. The summed E-state index contributed by atoms with van der Waals surface area (Å²) in [6.07, 6.45) is 4.12. The van der Waals surface area contributed by atoms with Crippen LogP contribution in [0, 0.1) is 19.8 Å². The Morgan fingerprint density at radius 1 is 1.25 bits per heavy atom. The number of benzene rings is 1. The number of hydrogen-bond acceptors (Lipinski definition) is 6. The number of likely N-dealkylation sites (tertiary alicyclic amines) is 1. The first kappa shape index (κ1) is 22.7. The lowest BCUT2D eigenvalue weighted by Crippen LogP contribution is -2.40. The summed E-state index contributed by atoms with van der Waals surface area (Å²) in [7, 11) is -2.27. The second-order valence-electron chi connectivity index (χ2n) is 8.64. The van der Waals surface area contributed by atoms with E-state index in [0.29, 0.717) is 30.4 Å². The Bertz CT molecular complexity index is 1220. The number of aromatic nitrogens is 3. The van der Waals surface area contributed by atoms with Crippen LogP contribution in [-0.2, 0) is 10.0 Å². The molecule has 0 radical (unpaired) electrons. The lowest BCUT2D eigenvalue weighted by atomic mass is 10.0. The van der Waals surface area contributed by atoms with Crippen molar-refractivity contribution in [2.45, 2.75) is 38.5 Å². The number of ether oxygens (including phenoxy) is 1. The van der Waals surface area contributed by atoms with Crippen molar-refractivity contribution < 1.29 is 13.2 Å². The van der Waals surface area contributed by atoms with Gasteiger partial charge < -0.3 is 9.64 Å². The maximum Gasteiger partial charge on any atom is 0.244 e. The van der Waals surface area contributed by atoms with E-state index in [0.717, 1.165) is 42.0 Å². The molecule has 2 aromatic heterocycles. The Hall–Kier alpha value is -2.49. The van der Waals surface area contributed by atoms with Crippen molar-refractivity contribution in [2.75, 3.05) is 33.3 Å². The van der Waals surface area contributed by atoms with Gasteiger partial charge in [-0.15, -0.1) is 0 Å². The van der Waals surface area contributed by atoms with Crippen molar-refractivity contribution in [3.63, 3.8) is 0 Å². The highest BCUT2D eigenvalue weighted by Gasteiger charge is 2.23. The van der Waals surface area contributed by atoms with Crippen LogP contribution in [0.1, 0.15) is 31.2 Å². The topological polar surface area (TPSA) is 88.8 Å². The van der Waals surface area contributed by atoms with Gasteiger partial charge in [-0.3, -0.25) is 0 Å². The Kier molecular flexibility index (Phi) is 6.50. The molecule has 3 heterocycles. The van der Waals surface area contributed by atoms with E-state index in [9.17, 15) is 8.42 Å². The van der Waals surface area contributed by atoms with Crippen LogP contribution in [-0.4, -0.2) is 61.2 Å². The van der Waals surface area contributed by atoms with Gasteiger partial charge in [-0.05, 0) is 62.9 Å². The summed E-state index contributed by atoms with van der Waals surface area (Å²) in [5, 5.41) is 4.43. The van der Waals surface area contributed by atoms with E-state index in [1.807, 2.05) is 26.0 Å². The molecule has 32 heavy (non-hydrogen) atoms. The third kappa shape index (κ3) is 4.65. The highest BCUT2D eigenvalue weighted by molar-refractivity contribution is 7.89. The normalized spacial score (nSPS) is 17.7. The third-order valence-corrected chi connectivity index (χ3v) is 7.49. The molecule has 8 nitrogen and oxygen atoms in total. The van der Waals surface area contributed by atoms with Gasteiger partial charge >= 0.3 is 0 Å². The fraction of sp³-hybridized carbons (Fsp3) is 0.478. The first-order valence-corrected chi connectivity index (χ1v) is 12.5. The average molecular weight is 458 g/mol. The summed E-state index contributed by atoms with van der Waals surface area (Å²) >= 11 is 0. The van der Waals surface area contributed by atoms with E-state index >= 15 is 0 Å². The van der Waals surface area contributed by atoms with Gasteiger partial charge in [0.1, 0.15) is 10.6 Å². The minimum atomic E-state index is -3.75. The Morgan fingerprint density at radius 2 is 2.06 bits per heavy atom. The number of fused-ring (bicyclic) bond motifs is 1. The summed E-state index contributed by atoms with van der Waals surface area (Å²) in [5.41, 5.74) is 4.05. The summed E-state index contributed by atoms with van der Waals surface area (Å²) in [5.74, 6) is 0.966. The van der Waals surface area contributed by atoms with E-state index < -0.39 is 10.0 Å². The monoisotopic (exact) mass is 457 g/mol. The Labute approximate surface area is 189 Å². The fourth-order valence-electron chi connectivity index (χ4n) is 4.43. The van der Waals surface area contributed by atoms with Crippen LogP contribution in [0.15, 0.2) is 35.4 Å². The lowest BCUT2D eigenvalue weighted by molar-refractivity contribution is 0.187. The average Bonchev–Trinajstić information content (AvgIpc) is 3.17. The van der Waals surface area contributed by atoms with Crippen LogP contribution in [0.3, 0.4) is 0 Å². The van der Waals surface area contributed by atoms with Gasteiger partial charge in [0, 0.05) is 36.6 Å². The Morgan fingerprint density at radius 3 is 2.81 bits per heavy atom. The van der Waals surface area contributed by atoms with Gasteiger partial charge in [0.15, 0.2) is 5.65 Å². The molecule has 1 saturated heterocycles. The fourth-order valence-corrected chi connectivity index (χ4v) is 5.65. The predicted octanol–water partition coefficient (Wildman–Crippen LogP) is 3.03. The number of piperidine rings is 1. The number of nitrogens with zero attached hydrogens (tertiary/aromatic N) is 4. The molecular formula is C23H31N5O3S. The first-order valence-electron chi connectivity index (χ1n) is 11.0. The minimum Gasteiger partial charge on any atom is -0.495 e. The van der Waals surface area contributed by atoms with E-state index in [1.165, 1.54) is 13.5 Å². The van der Waals surface area contributed by atoms with Gasteiger partial charge in [0.25, 0.3) is 0 Å². The second kappa shape index (κ2) is 9.17. The molecule has 1 aliphatic heterocycles. The molecule has 1 atom stereocenters. The smallest absolute Gasteiger partial charge is 0.244 e. The molecule has 1 aromatic carbocycles. The van der Waals surface area contributed by atoms with Gasteiger partial charge in [-0.1, -0.05) is 13.0 Å². The Balaban J connectivity index is 1.61. The van der Waals surface area contributed by atoms with Gasteiger partial charge in [0.2, 0.25) is 10.0 Å². The molecule has 1 N–H and O–H groups in total.